The van der Waals surface area contributed by atoms with Crippen molar-refractivity contribution < 1.29 is 31.8 Å². The summed E-state index contributed by atoms with van der Waals surface area (Å²) >= 11 is -0.220. The van der Waals surface area contributed by atoms with E-state index in [1.54, 1.807) is 43.5 Å². The number of carbonyl (C=O) groups excluding carboxylic acids is 2. The van der Waals surface area contributed by atoms with Crippen LogP contribution >= 0.6 is 11.3 Å². The molecule has 4 rings (SSSR count). The molecule has 14 heteroatoms. The molecular formula is C28H40F3N5O4SSe. The number of benzene rings is 1. The van der Waals surface area contributed by atoms with Gasteiger partial charge in [0, 0.05) is 20.8 Å². The van der Waals surface area contributed by atoms with Crippen molar-refractivity contribution in [3.63, 3.8) is 0 Å². The van der Waals surface area contributed by atoms with Crippen LogP contribution in [-0.4, -0.2) is 124 Å². The molecule has 2 aromatic rings. The number of alkyl halides is 1. The monoisotopic (exact) mass is 679 g/mol. The molecule has 0 bridgehead atoms. The number of halogens is 3. The number of carbonyl (C=O) groups is 2. The number of likely N-dealkylation sites (tertiary alicyclic amines) is 1. The van der Waals surface area contributed by atoms with Gasteiger partial charge in [-0.1, -0.05) is 18.2 Å². The van der Waals surface area contributed by atoms with Crippen LogP contribution in [0.25, 0.3) is 0 Å². The first-order chi connectivity index (χ1) is 20.2. The van der Waals surface area contributed by atoms with Gasteiger partial charge < -0.3 is 9.84 Å². The van der Waals surface area contributed by atoms with E-state index < -0.39 is 20.0 Å². The fourth-order valence-corrected chi connectivity index (χ4v) is 5.66. The molecule has 9 nitrogen and oxygen atoms in total. The van der Waals surface area contributed by atoms with Crippen molar-refractivity contribution >= 4 is 45.2 Å². The Morgan fingerprint density at radius 3 is 2.45 bits per heavy atom. The molecule has 3 heterocycles. The number of nitrogens with one attached hydrogen (secondary N) is 1. The van der Waals surface area contributed by atoms with Crippen LogP contribution in [-0.2, 0) is 14.3 Å². The number of aliphatic hydroxyl groups excluding tert-OH is 1. The van der Waals surface area contributed by atoms with Crippen LogP contribution in [0.2, 0.25) is 0 Å². The molecule has 234 valence electrons. The van der Waals surface area contributed by atoms with Crippen LogP contribution in [0.3, 0.4) is 0 Å². The first kappa shape index (κ1) is 37.6. The molecule has 2 aliphatic rings. The van der Waals surface area contributed by atoms with Crippen molar-refractivity contribution in [1.82, 2.24) is 20.1 Å². The van der Waals surface area contributed by atoms with Crippen molar-refractivity contribution in [3.8, 4) is 0 Å². The molecule has 0 aliphatic carbocycles. The second-order valence-corrected chi connectivity index (χ2v) is 11.9. The van der Waals surface area contributed by atoms with Gasteiger partial charge in [-0.3, -0.25) is 0 Å². The van der Waals surface area contributed by atoms with Crippen molar-refractivity contribution in [3.05, 3.63) is 64.0 Å². The van der Waals surface area contributed by atoms with Crippen molar-refractivity contribution in [2.24, 2.45) is 4.99 Å². The summed E-state index contributed by atoms with van der Waals surface area (Å²) < 4.78 is 42.9. The quantitative estimate of drug-likeness (QED) is 0.292. The number of hydrogen-bond donors (Lipinski definition) is 2. The van der Waals surface area contributed by atoms with Crippen LogP contribution < -0.4 is 5.32 Å². The third-order valence-electron chi connectivity index (χ3n) is 6.08. The maximum atomic E-state index is 14.9. The van der Waals surface area contributed by atoms with Crippen LogP contribution in [0.4, 0.5) is 12.3 Å². The average Bonchev–Trinajstić information content (AvgIpc) is 3.64. The molecule has 0 saturated carbocycles. The SMILES string of the molecule is CC1N=C(c2nccs2)NC(CN2CC(F)([Se]F)CC2CN(C)CC=O)=C1C=O.CCOC.CO.Fc1ccccc1. The summed E-state index contributed by atoms with van der Waals surface area (Å²) in [6.45, 7) is 5.49. The minimum atomic E-state index is -1.87. The van der Waals surface area contributed by atoms with E-state index in [1.165, 1.54) is 23.5 Å². The fourth-order valence-electron chi connectivity index (χ4n) is 4.09. The maximum absolute atomic E-state index is 14.9. The number of methoxy groups -OCH3 is 1. The predicted molar refractivity (Wildman–Crippen MR) is 161 cm³/mol. The smallest absolute Gasteiger partial charge is 0.123 e. The number of aliphatic imine (C=N–C) groups is 1. The van der Waals surface area contributed by atoms with E-state index in [4.69, 9.17) is 5.11 Å². The fraction of sp³-hybridized carbons (Fsp3) is 0.500. The minimum absolute atomic E-state index is 0.0431. The maximum Gasteiger partial charge on any atom is 0.123 e. The summed E-state index contributed by atoms with van der Waals surface area (Å²) in [4.78, 5) is 34.9. The zero-order valence-electron chi connectivity index (χ0n) is 24.5. The van der Waals surface area contributed by atoms with E-state index in [0.29, 0.717) is 28.7 Å². The van der Waals surface area contributed by atoms with Gasteiger partial charge in [-0.05, 0) is 19.1 Å². The molecule has 42 heavy (non-hydrogen) atoms. The van der Waals surface area contributed by atoms with Gasteiger partial charge in [-0.15, -0.1) is 0 Å². The molecule has 0 radical (unpaired) electrons. The standard InChI is InChI=1S/C18H23F2N5O2SSe.C6H5F.C3H8O.CH4O/c1-12-14(10-27)15(23-16(22-12)17-21-3-6-28-17)9-25-11-18(19,29-20)7-13(25)8-24(2)4-5-26;7-6-4-2-1-3-5-6;1-3-4-2;1-2/h3,5-6,10,12-13H,4,7-9,11H2,1-2H3,(H,22,23);1-5H;3H2,1-2H3;2H,1H3. The summed E-state index contributed by atoms with van der Waals surface area (Å²) in [6, 6.07) is 7.32. The van der Waals surface area contributed by atoms with Gasteiger partial charge in [-0.2, -0.15) is 0 Å². The van der Waals surface area contributed by atoms with E-state index in [0.717, 1.165) is 26.3 Å². The van der Waals surface area contributed by atoms with E-state index in [2.05, 4.69) is 20.0 Å². The Morgan fingerprint density at radius 1 is 1.31 bits per heavy atom. The van der Waals surface area contributed by atoms with Crippen molar-refractivity contribution in [1.29, 1.82) is 0 Å². The molecule has 0 amide bonds. The molecule has 2 N–H and O–H groups in total. The first-order valence-electron chi connectivity index (χ1n) is 13.1. The molecular weight excluding hydrogens is 638 g/mol. The molecule has 0 spiro atoms. The van der Waals surface area contributed by atoms with Gasteiger partial charge in [-0.25, -0.2) is 4.39 Å². The zero-order valence-corrected chi connectivity index (χ0v) is 27.0. The van der Waals surface area contributed by atoms with Gasteiger partial charge in [0.2, 0.25) is 0 Å². The van der Waals surface area contributed by atoms with E-state index in [1.807, 2.05) is 24.1 Å². The van der Waals surface area contributed by atoms with Gasteiger partial charge in [0.1, 0.15) is 5.82 Å². The Balaban J connectivity index is 0.000000565. The summed E-state index contributed by atoms with van der Waals surface area (Å²) in [5, 5.41) is 12.7. The minimum Gasteiger partial charge on any atom is -0.400 e. The number of aldehydes is 2. The number of rotatable bonds is 10. The number of aliphatic hydroxyl groups is 1. The molecule has 1 fully saturated rings. The molecule has 1 aromatic heterocycles. The van der Waals surface area contributed by atoms with Gasteiger partial charge in [0.05, 0.1) is 0 Å². The van der Waals surface area contributed by atoms with Crippen molar-refractivity contribution in [2.75, 3.05) is 54.1 Å². The number of hydrogen-bond acceptors (Lipinski definition) is 10. The number of aromatic nitrogens is 1. The normalized spacial score (nSPS) is 21.5. The number of ether oxygens (including phenoxy) is 1. The molecule has 2 aliphatic heterocycles. The van der Waals surface area contributed by atoms with Gasteiger partial charge in [0.25, 0.3) is 0 Å². The third-order valence-corrected chi connectivity index (χ3v) is 8.06. The Labute approximate surface area is 256 Å². The first-order valence-corrected chi connectivity index (χ1v) is 15.5. The van der Waals surface area contributed by atoms with Gasteiger partial charge in [0.15, 0.2) is 0 Å². The number of thiazole rings is 1. The summed E-state index contributed by atoms with van der Waals surface area (Å²) in [5.41, 5.74) is 1.12. The number of amidine groups is 1. The Hall–Kier alpha value is -2.45. The Bertz CT molecular complexity index is 1110. The van der Waals surface area contributed by atoms with E-state index in [-0.39, 0.29) is 44.0 Å². The summed E-state index contributed by atoms with van der Waals surface area (Å²) in [7, 11) is 4.45. The summed E-state index contributed by atoms with van der Waals surface area (Å²) in [6.07, 6.45) is 3.29. The van der Waals surface area contributed by atoms with Crippen LogP contribution in [0.5, 0.6) is 0 Å². The van der Waals surface area contributed by atoms with Crippen LogP contribution in [0, 0.1) is 5.82 Å². The molecule has 1 saturated heterocycles. The van der Waals surface area contributed by atoms with Gasteiger partial charge >= 0.3 is 179 Å². The second-order valence-electron chi connectivity index (χ2n) is 9.15. The topological polar surface area (TPSA) is 107 Å². The molecule has 3 atom stereocenters. The van der Waals surface area contributed by atoms with Crippen molar-refractivity contribution in [2.45, 2.75) is 36.9 Å². The van der Waals surface area contributed by atoms with E-state index >= 15 is 0 Å². The molecule has 3 unspecified atom stereocenters. The molecule has 1 aromatic carbocycles. The largest absolute Gasteiger partial charge is 0.400 e. The average molecular weight is 679 g/mol. The van der Waals surface area contributed by atoms with Crippen LogP contribution in [0.1, 0.15) is 25.3 Å². The third kappa shape index (κ3) is 12.4. The predicted octanol–water partition coefficient (Wildman–Crippen LogP) is 2.88. The Morgan fingerprint density at radius 2 is 1.98 bits per heavy atom. The zero-order chi connectivity index (χ0) is 31.5. The number of nitrogens with zero attached hydrogens (tertiary/aromatic N) is 4. The number of likely N-dealkylation sites (N-methyl/N-ethyl adjacent to an activating group) is 1. The summed E-state index contributed by atoms with van der Waals surface area (Å²) in [5.74, 6) is 0.394. The Kier molecular flexibility index (Phi) is 18.3. The second kappa shape index (κ2) is 20.5. The van der Waals surface area contributed by atoms with E-state index in [9.17, 15) is 21.9 Å². The van der Waals surface area contributed by atoms with Crippen LogP contribution in [0.15, 0.2) is 58.2 Å².